The summed E-state index contributed by atoms with van der Waals surface area (Å²) in [6.45, 7) is 4.16. The Labute approximate surface area is 198 Å². The topological polar surface area (TPSA) is 83.4 Å². The lowest BCUT2D eigenvalue weighted by Gasteiger charge is -2.44. The fourth-order valence-corrected chi connectivity index (χ4v) is 5.22. The highest BCUT2D eigenvalue weighted by Crippen LogP contribution is 2.39. The molecule has 174 valence electrons. The largest absolute Gasteiger partial charge is 0.369 e. The predicted molar refractivity (Wildman–Crippen MR) is 132 cm³/mol. The highest BCUT2D eigenvalue weighted by Gasteiger charge is 2.35. The van der Waals surface area contributed by atoms with Gasteiger partial charge in [-0.05, 0) is 42.2 Å². The molecule has 0 radical (unpaired) electrons. The van der Waals surface area contributed by atoms with E-state index in [0.29, 0.717) is 30.3 Å². The molecule has 34 heavy (non-hydrogen) atoms. The average molecular weight is 457 g/mol. The van der Waals surface area contributed by atoms with Crippen molar-refractivity contribution in [1.29, 1.82) is 0 Å². The van der Waals surface area contributed by atoms with E-state index in [1.165, 1.54) is 6.92 Å². The zero-order valence-corrected chi connectivity index (χ0v) is 19.2. The SMILES string of the molecule is CC(=O)Nc1cc(C(=O)NCc2ccccc2)ccc1N1C[C@H]2C[C@@H](C1)c1cccc(=O)n1C2. The zero-order valence-electron chi connectivity index (χ0n) is 19.2. The first-order chi connectivity index (χ1) is 16.5. The van der Waals surface area contributed by atoms with E-state index < -0.39 is 0 Å². The summed E-state index contributed by atoms with van der Waals surface area (Å²) in [5, 5.41) is 5.86. The third-order valence-corrected chi connectivity index (χ3v) is 6.69. The van der Waals surface area contributed by atoms with Crippen LogP contribution >= 0.6 is 0 Å². The van der Waals surface area contributed by atoms with Crippen LogP contribution in [-0.4, -0.2) is 29.5 Å². The Bertz CT molecular complexity index is 1280. The van der Waals surface area contributed by atoms with Crippen LogP contribution in [0.2, 0.25) is 0 Å². The molecule has 1 saturated heterocycles. The number of nitrogens with one attached hydrogen (secondary N) is 2. The summed E-state index contributed by atoms with van der Waals surface area (Å²) in [5.41, 5.74) is 4.18. The maximum absolute atomic E-state index is 12.8. The van der Waals surface area contributed by atoms with Crippen LogP contribution < -0.4 is 21.1 Å². The molecule has 2 aliphatic rings. The van der Waals surface area contributed by atoms with E-state index >= 15 is 0 Å². The van der Waals surface area contributed by atoms with Gasteiger partial charge in [-0.25, -0.2) is 0 Å². The molecule has 2 N–H and O–H groups in total. The van der Waals surface area contributed by atoms with E-state index in [2.05, 4.69) is 15.5 Å². The summed E-state index contributed by atoms with van der Waals surface area (Å²) in [6.07, 6.45) is 1.05. The molecule has 2 aromatic carbocycles. The molecule has 0 aliphatic carbocycles. The van der Waals surface area contributed by atoms with Crippen molar-refractivity contribution in [1.82, 2.24) is 9.88 Å². The first-order valence-electron chi connectivity index (χ1n) is 11.7. The average Bonchev–Trinajstić information content (AvgIpc) is 2.83. The molecular weight excluding hydrogens is 428 g/mol. The number of benzene rings is 2. The Hall–Kier alpha value is -3.87. The maximum atomic E-state index is 12.8. The number of hydrogen-bond donors (Lipinski definition) is 2. The van der Waals surface area contributed by atoms with Gasteiger partial charge in [0.15, 0.2) is 0 Å². The number of carbonyl (C=O) groups is 2. The quantitative estimate of drug-likeness (QED) is 0.617. The lowest BCUT2D eigenvalue weighted by atomic mass is 9.83. The second kappa shape index (κ2) is 9.17. The third kappa shape index (κ3) is 4.46. The maximum Gasteiger partial charge on any atom is 0.251 e. The number of rotatable bonds is 5. The lowest BCUT2D eigenvalue weighted by Crippen LogP contribution is -2.47. The highest BCUT2D eigenvalue weighted by molar-refractivity contribution is 5.99. The van der Waals surface area contributed by atoms with Gasteiger partial charge in [-0.15, -0.1) is 0 Å². The molecule has 2 bridgehead atoms. The molecular formula is C27H28N4O3. The second-order valence-electron chi connectivity index (χ2n) is 9.18. The van der Waals surface area contributed by atoms with Crippen molar-refractivity contribution in [2.45, 2.75) is 32.4 Å². The number of pyridine rings is 1. The van der Waals surface area contributed by atoms with E-state index in [4.69, 9.17) is 0 Å². The van der Waals surface area contributed by atoms with Gasteiger partial charge < -0.3 is 20.1 Å². The van der Waals surface area contributed by atoms with Crippen LogP contribution in [0.1, 0.15) is 40.9 Å². The van der Waals surface area contributed by atoms with Gasteiger partial charge in [-0.1, -0.05) is 36.4 Å². The van der Waals surface area contributed by atoms with Crippen LogP contribution in [0.25, 0.3) is 0 Å². The van der Waals surface area contributed by atoms with E-state index in [0.717, 1.165) is 36.5 Å². The molecule has 0 unspecified atom stereocenters. The van der Waals surface area contributed by atoms with Gasteiger partial charge in [0.25, 0.3) is 11.5 Å². The van der Waals surface area contributed by atoms with E-state index in [9.17, 15) is 14.4 Å². The highest BCUT2D eigenvalue weighted by atomic mass is 16.2. The van der Waals surface area contributed by atoms with Crippen molar-refractivity contribution in [2.75, 3.05) is 23.3 Å². The zero-order chi connectivity index (χ0) is 23.7. The predicted octanol–water partition coefficient (Wildman–Crippen LogP) is 3.36. The summed E-state index contributed by atoms with van der Waals surface area (Å²) < 4.78 is 1.91. The molecule has 2 amide bonds. The van der Waals surface area contributed by atoms with Crippen molar-refractivity contribution in [3.8, 4) is 0 Å². The van der Waals surface area contributed by atoms with Crippen molar-refractivity contribution in [2.24, 2.45) is 5.92 Å². The number of hydrogen-bond acceptors (Lipinski definition) is 4. The molecule has 3 aromatic rings. The van der Waals surface area contributed by atoms with Crippen LogP contribution in [0.3, 0.4) is 0 Å². The van der Waals surface area contributed by atoms with Crippen LogP contribution in [-0.2, 0) is 17.9 Å². The van der Waals surface area contributed by atoms with Crippen molar-refractivity contribution in [3.05, 3.63) is 93.9 Å². The molecule has 0 saturated carbocycles. The number of anilines is 2. The molecule has 2 atom stereocenters. The number of carbonyl (C=O) groups excluding carboxylic acids is 2. The molecule has 7 heteroatoms. The number of amides is 2. The lowest BCUT2D eigenvalue weighted by molar-refractivity contribution is -0.114. The summed E-state index contributed by atoms with van der Waals surface area (Å²) in [5.74, 6) is 0.230. The van der Waals surface area contributed by atoms with Gasteiger partial charge in [0.05, 0.1) is 11.4 Å². The molecule has 7 nitrogen and oxygen atoms in total. The van der Waals surface area contributed by atoms with Gasteiger partial charge in [-0.3, -0.25) is 14.4 Å². The van der Waals surface area contributed by atoms with Gasteiger partial charge in [0, 0.05) is 56.3 Å². The van der Waals surface area contributed by atoms with Crippen molar-refractivity contribution < 1.29 is 9.59 Å². The minimum Gasteiger partial charge on any atom is -0.369 e. The van der Waals surface area contributed by atoms with Crippen LogP contribution in [0.4, 0.5) is 11.4 Å². The third-order valence-electron chi connectivity index (χ3n) is 6.69. The van der Waals surface area contributed by atoms with E-state index in [-0.39, 0.29) is 23.3 Å². The Morgan fingerprint density at radius 2 is 1.79 bits per heavy atom. The Morgan fingerprint density at radius 1 is 0.971 bits per heavy atom. The van der Waals surface area contributed by atoms with E-state index in [1.54, 1.807) is 12.1 Å². The molecule has 3 heterocycles. The normalized spacial score (nSPS) is 18.7. The van der Waals surface area contributed by atoms with Crippen LogP contribution in [0.5, 0.6) is 0 Å². The first-order valence-corrected chi connectivity index (χ1v) is 11.7. The minimum absolute atomic E-state index is 0.0606. The van der Waals surface area contributed by atoms with Crippen LogP contribution in [0.15, 0.2) is 71.5 Å². The monoisotopic (exact) mass is 456 g/mol. The number of nitrogens with zero attached hydrogens (tertiary/aromatic N) is 2. The molecule has 1 fully saturated rings. The summed E-state index contributed by atoms with van der Waals surface area (Å²) in [6, 6.07) is 20.7. The number of piperidine rings is 1. The number of aromatic nitrogens is 1. The smallest absolute Gasteiger partial charge is 0.251 e. The molecule has 1 aromatic heterocycles. The van der Waals surface area contributed by atoms with Gasteiger partial charge in [0.2, 0.25) is 5.91 Å². The summed E-state index contributed by atoms with van der Waals surface area (Å²) in [7, 11) is 0. The van der Waals surface area contributed by atoms with E-state index in [1.807, 2.05) is 59.2 Å². The summed E-state index contributed by atoms with van der Waals surface area (Å²) >= 11 is 0. The second-order valence-corrected chi connectivity index (χ2v) is 9.18. The Kier molecular flexibility index (Phi) is 5.92. The van der Waals surface area contributed by atoms with Crippen LogP contribution in [0, 0.1) is 5.92 Å². The Balaban J connectivity index is 1.39. The van der Waals surface area contributed by atoms with Crippen molar-refractivity contribution >= 4 is 23.2 Å². The molecule has 0 spiro atoms. The summed E-state index contributed by atoms with van der Waals surface area (Å²) in [4.78, 5) is 39.4. The fraction of sp³-hybridized carbons (Fsp3) is 0.296. The minimum atomic E-state index is -0.189. The number of fused-ring (bicyclic) bond motifs is 4. The van der Waals surface area contributed by atoms with Gasteiger partial charge in [0.1, 0.15) is 0 Å². The molecule has 5 rings (SSSR count). The van der Waals surface area contributed by atoms with Crippen molar-refractivity contribution in [3.63, 3.8) is 0 Å². The van der Waals surface area contributed by atoms with Gasteiger partial charge in [-0.2, -0.15) is 0 Å². The first kappa shape index (κ1) is 21.9. The molecule has 2 aliphatic heterocycles. The fourth-order valence-electron chi connectivity index (χ4n) is 5.22. The van der Waals surface area contributed by atoms with Gasteiger partial charge >= 0.3 is 0 Å². The Morgan fingerprint density at radius 3 is 2.59 bits per heavy atom. The standard InChI is InChI=1S/C27H28N4O3/c1-18(32)29-23-13-21(27(34)28-14-19-6-3-2-4-7-19)10-11-25(23)30-15-20-12-22(17-30)24-8-5-9-26(33)31(24)16-20/h2-11,13,20,22H,12,14-17H2,1H3,(H,28,34)(H,29,32)/t20-,22+/m1/s1.